The molecule has 56 heavy (non-hydrogen) atoms. The summed E-state index contributed by atoms with van der Waals surface area (Å²) in [6.07, 6.45) is 1.87. The minimum Gasteiger partial charge on any atom is -0.254 e. The summed E-state index contributed by atoms with van der Waals surface area (Å²) in [5.41, 5.74) is 10.2. The molecule has 0 unspecified atom stereocenters. The van der Waals surface area contributed by atoms with Crippen LogP contribution in [0, 0.1) is 0 Å². The Morgan fingerprint density at radius 1 is 0.268 bits per heavy atom. The molecule has 260 valence electrons. The summed E-state index contributed by atoms with van der Waals surface area (Å²) in [6, 6.07) is 63.4. The van der Waals surface area contributed by atoms with Gasteiger partial charge in [0.25, 0.3) is 0 Å². The zero-order valence-electron chi connectivity index (χ0n) is 30.1. The fourth-order valence-corrected chi connectivity index (χ4v) is 8.01. The molecule has 0 atom stereocenters. The molecule has 11 rings (SSSR count). The van der Waals surface area contributed by atoms with E-state index in [0.717, 1.165) is 77.0 Å². The molecule has 0 bridgehead atoms. The summed E-state index contributed by atoms with van der Waals surface area (Å²) in [5, 5.41) is 7.95. The molecular weight excluding hydrogens is 683 g/mol. The van der Waals surface area contributed by atoms with Crippen LogP contribution in [-0.2, 0) is 0 Å². The minimum absolute atomic E-state index is 0.636. The van der Waals surface area contributed by atoms with Gasteiger partial charge in [0, 0.05) is 44.4 Å². The third-order valence-corrected chi connectivity index (χ3v) is 10.7. The highest BCUT2D eigenvalue weighted by Gasteiger charge is 2.17. The molecule has 0 saturated heterocycles. The summed E-state index contributed by atoms with van der Waals surface area (Å²) in [4.78, 5) is 25.0. The van der Waals surface area contributed by atoms with Crippen molar-refractivity contribution in [2.45, 2.75) is 0 Å². The quantitative estimate of drug-likeness (QED) is 0.131. The van der Waals surface area contributed by atoms with Crippen molar-refractivity contribution < 1.29 is 0 Å². The van der Waals surface area contributed by atoms with Crippen LogP contribution in [0.5, 0.6) is 0 Å². The summed E-state index contributed by atoms with van der Waals surface area (Å²) in [7, 11) is 0. The summed E-state index contributed by atoms with van der Waals surface area (Å²) in [6.45, 7) is 0. The Morgan fingerprint density at radius 2 is 0.804 bits per heavy atom. The maximum atomic E-state index is 5.28. The lowest BCUT2D eigenvalue weighted by molar-refractivity contribution is 1.07. The van der Waals surface area contributed by atoms with Crippen molar-refractivity contribution in [3.63, 3.8) is 0 Å². The van der Waals surface area contributed by atoms with Crippen molar-refractivity contribution in [2.24, 2.45) is 0 Å². The average molecular weight is 714 g/mol. The van der Waals surface area contributed by atoms with E-state index in [1.165, 1.54) is 16.2 Å². The molecule has 0 amide bonds. The summed E-state index contributed by atoms with van der Waals surface area (Å²) >= 11 is 0. The second-order valence-corrected chi connectivity index (χ2v) is 14.1. The van der Waals surface area contributed by atoms with Gasteiger partial charge in [-0.1, -0.05) is 164 Å². The largest absolute Gasteiger partial charge is 0.254 e. The topological polar surface area (TPSA) is 64.5 Å². The molecule has 0 fully saturated rings. The van der Waals surface area contributed by atoms with Crippen molar-refractivity contribution in [3.05, 3.63) is 188 Å². The molecule has 0 radical (unpaired) electrons. The Labute approximate surface area is 322 Å². The highest BCUT2D eigenvalue weighted by atomic mass is 15.0. The Kier molecular flexibility index (Phi) is 7.42. The van der Waals surface area contributed by atoms with Gasteiger partial charge in [0.1, 0.15) is 0 Å². The van der Waals surface area contributed by atoms with Gasteiger partial charge < -0.3 is 0 Å². The van der Waals surface area contributed by atoms with Crippen molar-refractivity contribution >= 4 is 54.3 Å². The van der Waals surface area contributed by atoms with Crippen LogP contribution in [0.3, 0.4) is 0 Å². The Balaban J connectivity index is 1.03. The Morgan fingerprint density at radius 3 is 1.50 bits per heavy atom. The van der Waals surface area contributed by atoms with Crippen molar-refractivity contribution in [1.29, 1.82) is 0 Å². The van der Waals surface area contributed by atoms with Gasteiger partial charge in [0.15, 0.2) is 17.5 Å². The molecule has 11 aromatic rings. The molecule has 5 heteroatoms. The van der Waals surface area contributed by atoms with E-state index in [4.69, 9.17) is 24.9 Å². The molecule has 3 aromatic heterocycles. The number of hydrogen-bond acceptors (Lipinski definition) is 5. The van der Waals surface area contributed by atoms with E-state index in [0.29, 0.717) is 17.5 Å². The zero-order valence-corrected chi connectivity index (χ0v) is 30.1. The molecule has 0 aliphatic heterocycles. The first-order valence-corrected chi connectivity index (χ1v) is 18.7. The SMILES string of the molecule is c1ccc(-c2nc(-c3ccccc3)nc(-c3ccc(-c4ccc(-c5cc6cc7ccc8ccccc8c7nc6c6ncccc56)c5ccccc45)cc3)n2)cc1. The summed E-state index contributed by atoms with van der Waals surface area (Å²) in [5.74, 6) is 1.93. The lowest BCUT2D eigenvalue weighted by Gasteiger charge is -2.15. The van der Waals surface area contributed by atoms with E-state index in [1.807, 2.05) is 72.9 Å². The number of nitrogens with zero attached hydrogens (tertiary/aromatic N) is 5. The molecule has 0 spiro atoms. The van der Waals surface area contributed by atoms with E-state index < -0.39 is 0 Å². The highest BCUT2D eigenvalue weighted by molar-refractivity contribution is 6.18. The maximum absolute atomic E-state index is 5.28. The average Bonchev–Trinajstić information content (AvgIpc) is 3.28. The van der Waals surface area contributed by atoms with E-state index >= 15 is 0 Å². The zero-order chi connectivity index (χ0) is 37.0. The fraction of sp³-hybridized carbons (Fsp3) is 0. The monoisotopic (exact) mass is 713 g/mol. The molecule has 5 nitrogen and oxygen atoms in total. The van der Waals surface area contributed by atoms with E-state index in [-0.39, 0.29) is 0 Å². The molecule has 0 aliphatic rings. The van der Waals surface area contributed by atoms with Gasteiger partial charge in [0.2, 0.25) is 0 Å². The van der Waals surface area contributed by atoms with Crippen LogP contribution in [0.1, 0.15) is 0 Å². The Hall–Kier alpha value is -7.63. The third-order valence-electron chi connectivity index (χ3n) is 10.7. The van der Waals surface area contributed by atoms with Gasteiger partial charge in [-0.2, -0.15) is 0 Å². The normalized spacial score (nSPS) is 11.6. The van der Waals surface area contributed by atoms with Crippen LogP contribution in [0.15, 0.2) is 188 Å². The maximum Gasteiger partial charge on any atom is 0.164 e. The standard InChI is InChI=1S/C51H31N5/c1-3-13-34(14-4-1)49-54-50(35-15-5-2-6-16-35)56-51(55-49)36-24-21-33(22-25-36)39-27-28-43(42-19-10-9-18-41(39)42)45-31-38-30-37-26-23-32-12-7-8-17-40(32)46(37)53-47(38)48-44(45)20-11-29-52-48/h1-31H. The van der Waals surface area contributed by atoms with Gasteiger partial charge in [0.05, 0.1) is 16.6 Å². The predicted molar refractivity (Wildman–Crippen MR) is 230 cm³/mol. The molecule has 8 aromatic carbocycles. The van der Waals surface area contributed by atoms with E-state index in [1.54, 1.807) is 0 Å². The van der Waals surface area contributed by atoms with Crippen LogP contribution < -0.4 is 0 Å². The number of aromatic nitrogens is 5. The van der Waals surface area contributed by atoms with Gasteiger partial charge in [-0.25, -0.2) is 19.9 Å². The highest BCUT2D eigenvalue weighted by Crippen LogP contribution is 2.41. The third kappa shape index (κ3) is 5.37. The van der Waals surface area contributed by atoms with Crippen molar-refractivity contribution in [3.8, 4) is 56.4 Å². The molecule has 0 aliphatic carbocycles. The van der Waals surface area contributed by atoms with Gasteiger partial charge in [-0.15, -0.1) is 0 Å². The van der Waals surface area contributed by atoms with E-state index in [9.17, 15) is 0 Å². The number of fused-ring (bicyclic) bond motifs is 7. The Bertz CT molecular complexity index is 3230. The lowest BCUT2D eigenvalue weighted by Crippen LogP contribution is -2.00. The second kappa shape index (κ2) is 13.0. The molecule has 0 N–H and O–H groups in total. The van der Waals surface area contributed by atoms with Gasteiger partial charge in [-0.05, 0) is 56.6 Å². The predicted octanol–water partition coefficient (Wildman–Crippen LogP) is 12.8. The number of benzene rings is 8. The number of hydrogen-bond donors (Lipinski definition) is 0. The first kappa shape index (κ1) is 31.9. The fourth-order valence-electron chi connectivity index (χ4n) is 8.01. The van der Waals surface area contributed by atoms with Crippen LogP contribution in [0.2, 0.25) is 0 Å². The number of rotatable bonds is 5. The van der Waals surface area contributed by atoms with E-state index in [2.05, 4.69) is 115 Å². The van der Waals surface area contributed by atoms with Gasteiger partial charge >= 0.3 is 0 Å². The minimum atomic E-state index is 0.636. The van der Waals surface area contributed by atoms with Crippen LogP contribution in [-0.4, -0.2) is 24.9 Å². The van der Waals surface area contributed by atoms with Crippen LogP contribution in [0.25, 0.3) is 111 Å². The summed E-state index contributed by atoms with van der Waals surface area (Å²) < 4.78 is 0. The first-order chi connectivity index (χ1) is 27.7. The van der Waals surface area contributed by atoms with Gasteiger partial charge in [-0.3, -0.25) is 4.98 Å². The van der Waals surface area contributed by atoms with Crippen LogP contribution >= 0.6 is 0 Å². The lowest BCUT2D eigenvalue weighted by atomic mass is 9.89. The molecular formula is C51H31N5. The molecule has 3 heterocycles. The smallest absolute Gasteiger partial charge is 0.164 e. The first-order valence-electron chi connectivity index (χ1n) is 18.7. The van der Waals surface area contributed by atoms with Crippen molar-refractivity contribution in [1.82, 2.24) is 24.9 Å². The second-order valence-electron chi connectivity index (χ2n) is 14.1. The van der Waals surface area contributed by atoms with Crippen LogP contribution in [0.4, 0.5) is 0 Å². The molecule has 0 saturated carbocycles. The number of pyridine rings is 2. The van der Waals surface area contributed by atoms with Crippen molar-refractivity contribution in [2.75, 3.05) is 0 Å².